The van der Waals surface area contributed by atoms with Crippen LogP contribution in [0.15, 0.2) is 36.4 Å². The van der Waals surface area contributed by atoms with Gasteiger partial charge in [0.15, 0.2) is 27.9 Å². The van der Waals surface area contributed by atoms with E-state index >= 15 is 0 Å². The summed E-state index contributed by atoms with van der Waals surface area (Å²) in [6.07, 6.45) is -2.88. The van der Waals surface area contributed by atoms with Gasteiger partial charge in [0.1, 0.15) is 5.75 Å². The third-order valence-electron chi connectivity index (χ3n) is 7.62. The molecule has 0 N–H and O–H groups in total. The molecular weight excluding hydrogens is 1060 g/mol. The van der Waals surface area contributed by atoms with Crippen LogP contribution in [0.2, 0.25) is 0 Å². The standard InChI is InChI=1S/C26H20F4I4O8S/c1-9(2)23(35)40-22-17(33)7-12(8-18(22)34)39-21-15(31)5-11(6-16(21)32)24-41-19-10-3-13(20(19)42-24)14(4-10)25(27,28)26(29,30)43(36,37)38/h5-8,10,13-14,19-20,24H,1,3-4H2,2H3,(H,36,37,38)/p-1. The number of halogens is 8. The molecule has 1 heterocycles. The van der Waals surface area contributed by atoms with E-state index in [4.69, 9.17) is 18.9 Å². The number of hydrogen-bond donors (Lipinski definition) is 0. The highest BCUT2D eigenvalue weighted by atomic mass is 127. The monoisotopic (exact) mass is 1070 g/mol. The number of esters is 1. The number of ether oxygens (including phenoxy) is 4. The van der Waals surface area contributed by atoms with Gasteiger partial charge in [0.25, 0.3) is 0 Å². The Hall–Kier alpha value is -0.0800. The third-order valence-corrected chi connectivity index (χ3v) is 11.7. The van der Waals surface area contributed by atoms with Crippen LogP contribution in [0, 0.1) is 32.0 Å². The predicted octanol–water partition coefficient (Wildman–Crippen LogP) is 7.59. The molecule has 6 unspecified atom stereocenters. The molecule has 2 saturated carbocycles. The molecule has 3 fully saturated rings. The van der Waals surface area contributed by atoms with Crippen molar-refractivity contribution in [1.29, 1.82) is 0 Å². The highest BCUT2D eigenvalue weighted by molar-refractivity contribution is 14.1. The molecule has 43 heavy (non-hydrogen) atoms. The highest BCUT2D eigenvalue weighted by Crippen LogP contribution is 2.62. The summed E-state index contributed by atoms with van der Waals surface area (Å²) < 4.78 is 117. The van der Waals surface area contributed by atoms with E-state index in [1.54, 1.807) is 31.2 Å². The van der Waals surface area contributed by atoms with Crippen LogP contribution in [0.25, 0.3) is 0 Å². The average molecular weight is 1080 g/mol. The molecule has 2 aromatic carbocycles. The van der Waals surface area contributed by atoms with Gasteiger partial charge in [-0.2, -0.15) is 17.6 Å². The first-order valence-electron chi connectivity index (χ1n) is 12.4. The number of carbonyl (C=O) groups excluding carboxylic acids is 1. The van der Waals surface area contributed by atoms with Crippen LogP contribution in [-0.4, -0.2) is 42.3 Å². The molecule has 2 aliphatic carbocycles. The minimum Gasteiger partial charge on any atom is -0.743 e. The lowest BCUT2D eigenvalue weighted by Crippen LogP contribution is -2.55. The van der Waals surface area contributed by atoms with E-state index in [1.165, 1.54) is 0 Å². The van der Waals surface area contributed by atoms with Crippen molar-refractivity contribution in [3.63, 3.8) is 0 Å². The quantitative estimate of drug-likeness (QED) is 0.0665. The molecule has 5 rings (SSSR count). The van der Waals surface area contributed by atoms with Crippen LogP contribution in [0.3, 0.4) is 0 Å². The maximum atomic E-state index is 14.8. The Kier molecular flexibility index (Phi) is 9.70. The van der Waals surface area contributed by atoms with E-state index in [0.717, 1.165) is 0 Å². The second-order valence-corrected chi connectivity index (χ2v) is 16.5. The predicted molar refractivity (Wildman–Crippen MR) is 176 cm³/mol. The maximum Gasteiger partial charge on any atom is 0.396 e. The lowest BCUT2D eigenvalue weighted by atomic mass is 9.81. The molecule has 8 nitrogen and oxygen atoms in total. The first-order chi connectivity index (χ1) is 19.8. The zero-order chi connectivity index (χ0) is 31.8. The molecule has 1 saturated heterocycles. The van der Waals surface area contributed by atoms with Gasteiger partial charge in [0, 0.05) is 17.1 Å². The van der Waals surface area contributed by atoms with Gasteiger partial charge in [0.2, 0.25) is 0 Å². The minimum atomic E-state index is -6.58. The lowest BCUT2D eigenvalue weighted by Gasteiger charge is -2.38. The molecule has 1 aliphatic heterocycles. The second kappa shape index (κ2) is 12.2. The molecule has 6 atom stereocenters. The van der Waals surface area contributed by atoms with Gasteiger partial charge in [-0.25, -0.2) is 13.2 Å². The molecule has 17 heteroatoms. The van der Waals surface area contributed by atoms with Gasteiger partial charge < -0.3 is 23.5 Å². The zero-order valence-corrected chi connectivity index (χ0v) is 31.0. The van der Waals surface area contributed by atoms with Crippen molar-refractivity contribution in [3.8, 4) is 17.2 Å². The molecule has 0 spiro atoms. The Bertz CT molecular complexity index is 1580. The molecule has 3 aliphatic rings. The van der Waals surface area contributed by atoms with Gasteiger partial charge in [0.05, 0.1) is 26.5 Å². The Labute approximate surface area is 298 Å². The number of alkyl halides is 4. The summed E-state index contributed by atoms with van der Waals surface area (Å²) in [6, 6.07) is 6.87. The molecule has 2 aromatic rings. The zero-order valence-electron chi connectivity index (χ0n) is 21.6. The van der Waals surface area contributed by atoms with Crippen LogP contribution in [0.1, 0.15) is 31.6 Å². The summed E-state index contributed by atoms with van der Waals surface area (Å²) >= 11 is 8.19. The summed E-state index contributed by atoms with van der Waals surface area (Å²) in [5.74, 6) is -7.92. The van der Waals surface area contributed by atoms with Crippen molar-refractivity contribution in [2.75, 3.05) is 0 Å². The number of fused-ring (bicyclic) bond motifs is 5. The second-order valence-electron chi connectivity index (χ2n) is 10.4. The van der Waals surface area contributed by atoms with E-state index in [9.17, 15) is 35.3 Å². The van der Waals surface area contributed by atoms with Crippen molar-refractivity contribution < 1.29 is 54.3 Å². The Morgan fingerprint density at radius 3 is 2.02 bits per heavy atom. The van der Waals surface area contributed by atoms with Gasteiger partial charge in [-0.3, -0.25) is 0 Å². The molecule has 0 aromatic heterocycles. The van der Waals surface area contributed by atoms with Crippen molar-refractivity contribution >= 4 is 106 Å². The Morgan fingerprint density at radius 2 is 1.49 bits per heavy atom. The SMILES string of the molecule is C=C(C)C(=O)Oc1c(I)cc(Oc2c(I)cc(C3OC4C5CC(C4O3)C(C(F)(F)C(F)(F)S(=O)(=O)[O-])C5)cc2I)cc1I. The average Bonchev–Trinajstić information content (AvgIpc) is 3.60. The van der Waals surface area contributed by atoms with Crippen molar-refractivity contribution in [2.45, 2.75) is 49.4 Å². The Balaban J connectivity index is 1.33. The van der Waals surface area contributed by atoms with E-state index in [-0.39, 0.29) is 12.0 Å². The third kappa shape index (κ3) is 6.19. The van der Waals surface area contributed by atoms with E-state index < -0.39 is 69.9 Å². The summed E-state index contributed by atoms with van der Waals surface area (Å²) in [7, 11) is -6.58. The highest BCUT2D eigenvalue weighted by Gasteiger charge is 2.72. The summed E-state index contributed by atoms with van der Waals surface area (Å²) in [6.45, 7) is 5.13. The number of carbonyl (C=O) groups is 1. The van der Waals surface area contributed by atoms with E-state index in [2.05, 4.69) is 51.8 Å². The van der Waals surface area contributed by atoms with Crippen molar-refractivity contribution in [1.82, 2.24) is 0 Å². The van der Waals surface area contributed by atoms with Crippen molar-refractivity contribution in [2.24, 2.45) is 17.8 Å². The molecule has 2 bridgehead atoms. The fraction of sp³-hybridized carbons (Fsp3) is 0.423. The Morgan fingerprint density at radius 1 is 0.953 bits per heavy atom. The van der Waals surface area contributed by atoms with Gasteiger partial charge in [-0.05, 0) is 146 Å². The largest absolute Gasteiger partial charge is 0.743 e. The van der Waals surface area contributed by atoms with Crippen LogP contribution in [0.5, 0.6) is 17.2 Å². The van der Waals surface area contributed by atoms with Crippen LogP contribution >= 0.6 is 90.4 Å². The van der Waals surface area contributed by atoms with Gasteiger partial charge in [-0.15, -0.1) is 0 Å². The smallest absolute Gasteiger partial charge is 0.396 e. The molecule has 234 valence electrons. The topological polar surface area (TPSA) is 111 Å². The molecule has 0 amide bonds. The van der Waals surface area contributed by atoms with E-state index in [1.807, 2.05) is 45.2 Å². The fourth-order valence-corrected chi connectivity index (χ4v) is 10.2. The fourth-order valence-electron chi connectivity index (χ4n) is 5.70. The normalized spacial score (nSPS) is 26.8. The number of rotatable bonds is 8. The number of benzene rings is 2. The van der Waals surface area contributed by atoms with Crippen LogP contribution in [-0.2, 0) is 24.4 Å². The van der Waals surface area contributed by atoms with Crippen LogP contribution in [0.4, 0.5) is 17.6 Å². The minimum absolute atomic E-state index is 0.0991. The van der Waals surface area contributed by atoms with Crippen molar-refractivity contribution in [3.05, 3.63) is 56.3 Å². The first-order valence-corrected chi connectivity index (χ1v) is 18.1. The number of hydrogen-bond acceptors (Lipinski definition) is 8. The van der Waals surface area contributed by atoms with Gasteiger partial charge in [-0.1, -0.05) is 6.58 Å². The van der Waals surface area contributed by atoms with Gasteiger partial charge >= 0.3 is 17.1 Å². The summed E-state index contributed by atoms with van der Waals surface area (Å²) in [5.41, 5.74) is 0.813. The summed E-state index contributed by atoms with van der Waals surface area (Å²) in [5, 5.41) is -5.74. The maximum absolute atomic E-state index is 14.8. The molecule has 0 radical (unpaired) electrons. The molecular formula is C26H19F4I4O8S-. The summed E-state index contributed by atoms with van der Waals surface area (Å²) in [4.78, 5) is 12.0. The van der Waals surface area contributed by atoms with Crippen LogP contribution < -0.4 is 9.47 Å². The van der Waals surface area contributed by atoms with E-state index in [0.29, 0.717) is 37.1 Å². The lowest BCUT2D eigenvalue weighted by molar-refractivity contribution is -0.211. The first kappa shape index (κ1) is 34.3.